The van der Waals surface area contributed by atoms with E-state index in [1.54, 1.807) is 0 Å². The normalized spacial score (nSPS) is 13.1. The summed E-state index contributed by atoms with van der Waals surface area (Å²) in [5, 5.41) is 3.11. The van der Waals surface area contributed by atoms with E-state index in [1.807, 2.05) is 30.3 Å². The summed E-state index contributed by atoms with van der Waals surface area (Å²) in [6, 6.07) is 9.55. The molecule has 14 heavy (non-hydrogen) atoms. The maximum Gasteiger partial charge on any atom is 0.293 e. The zero-order chi connectivity index (χ0) is 10.1. The van der Waals surface area contributed by atoms with E-state index in [-0.39, 0.29) is 0 Å². The lowest BCUT2D eigenvalue weighted by atomic mass is 10.2. The molecule has 0 atom stereocenters. The van der Waals surface area contributed by atoms with Gasteiger partial charge in [-0.2, -0.15) is 0 Å². The molecule has 1 saturated heterocycles. The topological polar surface area (TPSA) is 38.3 Å². The van der Waals surface area contributed by atoms with Crippen molar-refractivity contribution >= 4 is 6.47 Å². The van der Waals surface area contributed by atoms with E-state index < -0.39 is 0 Å². The summed E-state index contributed by atoms with van der Waals surface area (Å²) in [6.45, 7) is 3.32. The lowest BCUT2D eigenvalue weighted by molar-refractivity contribution is -0.129. The molecular formula is C11H15NO2. The largest absolute Gasteiger partial charge is 0.463 e. The van der Waals surface area contributed by atoms with Crippen molar-refractivity contribution in [3.8, 4) is 0 Å². The highest BCUT2D eigenvalue weighted by atomic mass is 16.5. The van der Waals surface area contributed by atoms with Crippen LogP contribution in [0.25, 0.3) is 0 Å². The van der Waals surface area contributed by atoms with Crippen LogP contribution >= 0.6 is 0 Å². The van der Waals surface area contributed by atoms with Gasteiger partial charge in [-0.3, -0.25) is 4.79 Å². The molecule has 0 unspecified atom stereocenters. The van der Waals surface area contributed by atoms with Crippen molar-refractivity contribution in [1.29, 1.82) is 0 Å². The Bertz CT molecular complexity index is 241. The van der Waals surface area contributed by atoms with Crippen LogP contribution in [0, 0.1) is 0 Å². The number of benzene rings is 1. The minimum absolute atomic E-state index is 0.365. The molecule has 76 valence electrons. The standard InChI is InChI=1S/C8H8O2.C3H7N/c9-7-10-6-8-4-2-1-3-5-8;1-2-4-3-1/h1-5,7H,6H2;4H,1-3H2. The lowest BCUT2D eigenvalue weighted by Gasteiger charge is -2.09. The number of rotatable bonds is 3. The van der Waals surface area contributed by atoms with E-state index in [9.17, 15) is 4.79 Å². The average Bonchev–Trinajstić information content (AvgIpc) is 2.14. The van der Waals surface area contributed by atoms with Gasteiger partial charge >= 0.3 is 0 Å². The quantitative estimate of drug-likeness (QED) is 0.736. The third-order valence-corrected chi connectivity index (χ3v) is 1.87. The molecule has 0 aromatic heterocycles. The van der Waals surface area contributed by atoms with Crippen LogP contribution in [0.4, 0.5) is 0 Å². The Morgan fingerprint density at radius 3 is 2.29 bits per heavy atom. The first-order valence-electron chi connectivity index (χ1n) is 4.73. The van der Waals surface area contributed by atoms with Crippen molar-refractivity contribution in [3.63, 3.8) is 0 Å². The Hall–Kier alpha value is -1.35. The smallest absolute Gasteiger partial charge is 0.293 e. The lowest BCUT2D eigenvalue weighted by Crippen LogP contribution is -2.29. The zero-order valence-corrected chi connectivity index (χ0v) is 8.11. The molecule has 3 nitrogen and oxygen atoms in total. The third-order valence-electron chi connectivity index (χ3n) is 1.87. The van der Waals surface area contributed by atoms with Gasteiger partial charge in [0.15, 0.2) is 0 Å². The highest BCUT2D eigenvalue weighted by molar-refractivity contribution is 5.37. The molecule has 2 rings (SSSR count). The number of nitrogens with one attached hydrogen (secondary N) is 1. The summed E-state index contributed by atoms with van der Waals surface area (Å²) in [5.41, 5.74) is 1.01. The fourth-order valence-electron chi connectivity index (χ4n) is 0.881. The van der Waals surface area contributed by atoms with Gasteiger partial charge in [0.2, 0.25) is 0 Å². The molecule has 3 heteroatoms. The van der Waals surface area contributed by atoms with Crippen molar-refractivity contribution in [2.45, 2.75) is 13.0 Å². The molecule has 0 saturated carbocycles. The first kappa shape index (κ1) is 10.7. The first-order valence-corrected chi connectivity index (χ1v) is 4.73. The molecule has 0 spiro atoms. The van der Waals surface area contributed by atoms with Gasteiger partial charge in [-0.05, 0) is 25.1 Å². The molecule has 1 N–H and O–H groups in total. The number of ether oxygens (including phenoxy) is 1. The Kier molecular flexibility index (Phi) is 5.43. The van der Waals surface area contributed by atoms with Crippen molar-refractivity contribution in [3.05, 3.63) is 35.9 Å². The molecule has 1 heterocycles. The van der Waals surface area contributed by atoms with Crippen LogP contribution in [-0.4, -0.2) is 19.6 Å². The summed E-state index contributed by atoms with van der Waals surface area (Å²) >= 11 is 0. The number of carbonyl (C=O) groups excluding carboxylic acids is 1. The van der Waals surface area contributed by atoms with Crippen LogP contribution in [-0.2, 0) is 16.1 Å². The summed E-state index contributed by atoms with van der Waals surface area (Å²) in [4.78, 5) is 9.76. The van der Waals surface area contributed by atoms with Crippen molar-refractivity contribution in [1.82, 2.24) is 5.32 Å². The molecule has 0 bridgehead atoms. The van der Waals surface area contributed by atoms with E-state index in [0.29, 0.717) is 13.1 Å². The predicted molar refractivity (Wildman–Crippen MR) is 54.8 cm³/mol. The van der Waals surface area contributed by atoms with E-state index in [0.717, 1.165) is 5.56 Å². The number of hydrogen-bond donors (Lipinski definition) is 1. The number of carbonyl (C=O) groups is 1. The van der Waals surface area contributed by atoms with Crippen LogP contribution < -0.4 is 5.32 Å². The Labute approximate surface area is 84.1 Å². The van der Waals surface area contributed by atoms with Crippen LogP contribution in [0.3, 0.4) is 0 Å². The van der Waals surface area contributed by atoms with Crippen LogP contribution in [0.2, 0.25) is 0 Å². The minimum atomic E-state index is 0.365. The van der Waals surface area contributed by atoms with Gasteiger partial charge in [0.25, 0.3) is 6.47 Å². The summed E-state index contributed by atoms with van der Waals surface area (Å²) in [7, 11) is 0. The number of hydrogen-bond acceptors (Lipinski definition) is 3. The highest BCUT2D eigenvalue weighted by Gasteiger charge is 1.92. The van der Waals surface area contributed by atoms with Gasteiger partial charge in [0, 0.05) is 0 Å². The van der Waals surface area contributed by atoms with Crippen LogP contribution in [0.1, 0.15) is 12.0 Å². The second-order valence-electron chi connectivity index (χ2n) is 3.00. The Morgan fingerprint density at radius 1 is 1.29 bits per heavy atom. The van der Waals surface area contributed by atoms with Gasteiger partial charge in [-0.1, -0.05) is 30.3 Å². The second kappa shape index (κ2) is 7.09. The van der Waals surface area contributed by atoms with Crippen LogP contribution in [0.15, 0.2) is 30.3 Å². The average molecular weight is 193 g/mol. The fraction of sp³-hybridized carbons (Fsp3) is 0.364. The van der Waals surface area contributed by atoms with E-state index in [2.05, 4.69) is 10.1 Å². The van der Waals surface area contributed by atoms with E-state index in [1.165, 1.54) is 19.5 Å². The zero-order valence-electron chi connectivity index (χ0n) is 8.11. The van der Waals surface area contributed by atoms with Crippen molar-refractivity contribution in [2.75, 3.05) is 13.1 Å². The molecule has 1 aliphatic heterocycles. The molecule has 0 amide bonds. The molecule has 1 aromatic carbocycles. The van der Waals surface area contributed by atoms with Gasteiger partial charge in [-0.15, -0.1) is 0 Å². The van der Waals surface area contributed by atoms with Crippen LogP contribution in [0.5, 0.6) is 0 Å². The van der Waals surface area contributed by atoms with Crippen molar-refractivity contribution in [2.24, 2.45) is 0 Å². The maximum absolute atomic E-state index is 9.76. The minimum Gasteiger partial charge on any atom is -0.463 e. The van der Waals surface area contributed by atoms with E-state index >= 15 is 0 Å². The fourth-order valence-corrected chi connectivity index (χ4v) is 0.881. The summed E-state index contributed by atoms with van der Waals surface area (Å²) < 4.78 is 4.54. The highest BCUT2D eigenvalue weighted by Crippen LogP contribution is 1.98. The third kappa shape index (κ3) is 4.62. The van der Waals surface area contributed by atoms with Gasteiger partial charge < -0.3 is 10.1 Å². The Morgan fingerprint density at radius 2 is 1.86 bits per heavy atom. The molecule has 1 aromatic rings. The SMILES string of the molecule is C1CNC1.O=COCc1ccccc1. The molecular weight excluding hydrogens is 178 g/mol. The van der Waals surface area contributed by atoms with Crippen molar-refractivity contribution < 1.29 is 9.53 Å². The predicted octanol–water partition coefficient (Wildman–Crippen LogP) is 1.34. The Balaban J connectivity index is 0.000000203. The molecule has 1 fully saturated rings. The molecule has 0 aliphatic carbocycles. The maximum atomic E-state index is 9.76. The van der Waals surface area contributed by atoms with Gasteiger partial charge in [-0.25, -0.2) is 0 Å². The monoisotopic (exact) mass is 193 g/mol. The molecule has 0 radical (unpaired) electrons. The van der Waals surface area contributed by atoms with Gasteiger partial charge in [0.1, 0.15) is 6.61 Å². The first-order chi connectivity index (χ1) is 6.93. The van der Waals surface area contributed by atoms with E-state index in [4.69, 9.17) is 0 Å². The second-order valence-corrected chi connectivity index (χ2v) is 3.00. The summed E-state index contributed by atoms with van der Waals surface area (Å²) in [5.74, 6) is 0. The summed E-state index contributed by atoms with van der Waals surface area (Å²) in [6.07, 6.45) is 1.39. The van der Waals surface area contributed by atoms with Gasteiger partial charge in [0.05, 0.1) is 0 Å². The molecule has 1 aliphatic rings.